The van der Waals surface area contributed by atoms with Gasteiger partial charge < -0.3 is 5.32 Å². The first-order chi connectivity index (χ1) is 9.72. The number of aromatic nitrogens is 1. The van der Waals surface area contributed by atoms with Crippen LogP contribution in [0.2, 0.25) is 0 Å². The molecule has 0 fully saturated rings. The largest absolute Gasteiger partial charge is 0.307 e. The number of thiazole rings is 1. The van der Waals surface area contributed by atoms with Crippen molar-refractivity contribution >= 4 is 11.3 Å². The van der Waals surface area contributed by atoms with Crippen LogP contribution in [0.1, 0.15) is 25.5 Å². The van der Waals surface area contributed by atoms with E-state index in [1.165, 1.54) is 12.1 Å². The van der Waals surface area contributed by atoms with Crippen LogP contribution in [-0.4, -0.2) is 11.0 Å². The molecule has 20 heavy (non-hydrogen) atoms. The molecule has 0 spiro atoms. The first-order valence-corrected chi connectivity index (χ1v) is 7.48. The Hall–Kier alpha value is -1.70. The highest BCUT2D eigenvalue weighted by atomic mass is 32.1. The SMILES string of the molecule is C#CCC(CC)NCc1csc(-c2ccc(F)cc2)n1. The highest BCUT2D eigenvalue weighted by Crippen LogP contribution is 2.23. The highest BCUT2D eigenvalue weighted by molar-refractivity contribution is 7.13. The topological polar surface area (TPSA) is 24.9 Å². The normalized spacial score (nSPS) is 12.1. The van der Waals surface area contributed by atoms with E-state index in [2.05, 4.69) is 23.1 Å². The van der Waals surface area contributed by atoms with Crippen molar-refractivity contribution in [3.05, 3.63) is 41.2 Å². The molecule has 0 aliphatic rings. The van der Waals surface area contributed by atoms with Gasteiger partial charge in [-0.15, -0.1) is 23.7 Å². The van der Waals surface area contributed by atoms with Gasteiger partial charge in [-0.25, -0.2) is 9.37 Å². The maximum Gasteiger partial charge on any atom is 0.123 e. The van der Waals surface area contributed by atoms with Gasteiger partial charge in [0.2, 0.25) is 0 Å². The molecule has 1 atom stereocenters. The summed E-state index contributed by atoms with van der Waals surface area (Å²) in [5.41, 5.74) is 1.93. The number of hydrogen-bond acceptors (Lipinski definition) is 3. The fourth-order valence-corrected chi connectivity index (χ4v) is 2.69. The van der Waals surface area contributed by atoms with Gasteiger partial charge in [-0.2, -0.15) is 0 Å². The molecule has 0 saturated carbocycles. The molecular formula is C16H17FN2S. The maximum atomic E-state index is 12.9. The van der Waals surface area contributed by atoms with Crippen molar-refractivity contribution in [3.63, 3.8) is 0 Å². The van der Waals surface area contributed by atoms with Crippen molar-refractivity contribution < 1.29 is 4.39 Å². The molecule has 0 aliphatic carbocycles. The average Bonchev–Trinajstić information content (AvgIpc) is 2.93. The monoisotopic (exact) mass is 288 g/mol. The summed E-state index contributed by atoms with van der Waals surface area (Å²) >= 11 is 1.57. The summed E-state index contributed by atoms with van der Waals surface area (Å²) in [5, 5.41) is 6.33. The summed E-state index contributed by atoms with van der Waals surface area (Å²) in [6.07, 6.45) is 7.06. The maximum absolute atomic E-state index is 12.9. The zero-order valence-electron chi connectivity index (χ0n) is 11.4. The molecule has 104 valence electrons. The number of nitrogens with zero attached hydrogens (tertiary/aromatic N) is 1. The molecule has 1 aromatic heterocycles. The van der Waals surface area contributed by atoms with Crippen molar-refractivity contribution in [3.8, 4) is 22.9 Å². The van der Waals surface area contributed by atoms with E-state index in [9.17, 15) is 4.39 Å². The van der Waals surface area contributed by atoms with Crippen LogP contribution in [0, 0.1) is 18.2 Å². The van der Waals surface area contributed by atoms with Gasteiger partial charge in [-0.05, 0) is 30.7 Å². The van der Waals surface area contributed by atoms with Crippen molar-refractivity contribution in [2.75, 3.05) is 0 Å². The predicted octanol–water partition coefficient (Wildman–Crippen LogP) is 3.84. The molecule has 0 bridgehead atoms. The van der Waals surface area contributed by atoms with E-state index in [4.69, 9.17) is 6.42 Å². The number of benzene rings is 1. The minimum atomic E-state index is -0.229. The lowest BCUT2D eigenvalue weighted by molar-refractivity contribution is 0.503. The van der Waals surface area contributed by atoms with Crippen LogP contribution < -0.4 is 5.32 Å². The predicted molar refractivity (Wildman–Crippen MR) is 81.9 cm³/mol. The molecule has 4 heteroatoms. The van der Waals surface area contributed by atoms with Gasteiger partial charge >= 0.3 is 0 Å². The summed E-state index contributed by atoms with van der Waals surface area (Å²) in [4.78, 5) is 4.56. The Morgan fingerprint density at radius 2 is 2.15 bits per heavy atom. The number of nitrogens with one attached hydrogen (secondary N) is 1. The lowest BCUT2D eigenvalue weighted by Crippen LogP contribution is -2.27. The van der Waals surface area contributed by atoms with E-state index in [0.29, 0.717) is 12.6 Å². The zero-order chi connectivity index (χ0) is 14.4. The highest BCUT2D eigenvalue weighted by Gasteiger charge is 2.07. The lowest BCUT2D eigenvalue weighted by Gasteiger charge is -2.12. The Balaban J connectivity index is 1.99. The van der Waals surface area contributed by atoms with E-state index >= 15 is 0 Å². The third kappa shape index (κ3) is 3.89. The Morgan fingerprint density at radius 1 is 1.40 bits per heavy atom. The lowest BCUT2D eigenvalue weighted by atomic mass is 10.1. The van der Waals surface area contributed by atoms with Gasteiger partial charge in [0, 0.05) is 30.0 Å². The van der Waals surface area contributed by atoms with Crippen LogP contribution in [0.15, 0.2) is 29.6 Å². The number of terminal acetylenes is 1. The molecule has 1 heterocycles. The summed E-state index contributed by atoms with van der Waals surface area (Å²) in [6, 6.07) is 6.73. The fourth-order valence-electron chi connectivity index (χ4n) is 1.87. The molecular weight excluding hydrogens is 271 g/mol. The number of rotatable bonds is 6. The van der Waals surface area contributed by atoms with Crippen molar-refractivity contribution in [2.45, 2.75) is 32.4 Å². The minimum absolute atomic E-state index is 0.229. The Bertz CT molecular complexity index is 583. The molecule has 2 nitrogen and oxygen atoms in total. The standard InChI is InChI=1S/C16H17FN2S/c1-3-5-14(4-2)18-10-15-11-20-16(19-15)12-6-8-13(17)9-7-12/h1,6-9,11,14,18H,4-5,10H2,2H3. The second-order valence-corrected chi connectivity index (χ2v) is 5.40. The second kappa shape index (κ2) is 7.18. The van der Waals surface area contributed by atoms with E-state index in [1.54, 1.807) is 23.5 Å². The average molecular weight is 288 g/mol. The number of halogens is 1. The van der Waals surface area contributed by atoms with Crippen LogP contribution in [-0.2, 0) is 6.54 Å². The van der Waals surface area contributed by atoms with E-state index in [1.807, 2.05) is 5.38 Å². The van der Waals surface area contributed by atoms with Crippen LogP contribution in [0.25, 0.3) is 10.6 Å². The van der Waals surface area contributed by atoms with Gasteiger partial charge in [0.25, 0.3) is 0 Å². The molecule has 2 rings (SSSR count). The first-order valence-electron chi connectivity index (χ1n) is 6.60. The fraction of sp³-hybridized carbons (Fsp3) is 0.312. The molecule has 0 amide bonds. The number of hydrogen-bond donors (Lipinski definition) is 1. The molecule has 1 unspecified atom stereocenters. The van der Waals surface area contributed by atoms with Gasteiger partial charge in [0.15, 0.2) is 0 Å². The van der Waals surface area contributed by atoms with Crippen molar-refractivity contribution in [1.29, 1.82) is 0 Å². The minimum Gasteiger partial charge on any atom is -0.307 e. The third-order valence-corrected chi connectivity index (χ3v) is 4.01. The van der Waals surface area contributed by atoms with Crippen molar-refractivity contribution in [2.24, 2.45) is 0 Å². The van der Waals surface area contributed by atoms with Crippen LogP contribution in [0.5, 0.6) is 0 Å². The Labute approximate surface area is 123 Å². The quantitative estimate of drug-likeness (QED) is 0.817. The second-order valence-electron chi connectivity index (χ2n) is 4.55. The van der Waals surface area contributed by atoms with Gasteiger partial charge in [-0.1, -0.05) is 6.92 Å². The summed E-state index contributed by atoms with van der Waals surface area (Å²) in [5.74, 6) is 2.45. The van der Waals surface area contributed by atoms with Crippen LogP contribution in [0.3, 0.4) is 0 Å². The zero-order valence-corrected chi connectivity index (χ0v) is 12.2. The van der Waals surface area contributed by atoms with Crippen LogP contribution in [0.4, 0.5) is 4.39 Å². The molecule has 1 aromatic carbocycles. The molecule has 0 aliphatic heterocycles. The molecule has 2 aromatic rings. The summed E-state index contributed by atoms with van der Waals surface area (Å²) in [7, 11) is 0. The summed E-state index contributed by atoms with van der Waals surface area (Å²) in [6.45, 7) is 2.82. The van der Waals surface area contributed by atoms with Gasteiger partial charge in [0.1, 0.15) is 10.8 Å². The Kier molecular flexibility index (Phi) is 5.28. The van der Waals surface area contributed by atoms with E-state index in [0.717, 1.165) is 29.1 Å². The third-order valence-electron chi connectivity index (χ3n) is 3.07. The Morgan fingerprint density at radius 3 is 2.80 bits per heavy atom. The smallest absolute Gasteiger partial charge is 0.123 e. The van der Waals surface area contributed by atoms with Gasteiger partial charge in [-0.3, -0.25) is 0 Å². The molecule has 0 saturated heterocycles. The van der Waals surface area contributed by atoms with E-state index < -0.39 is 0 Å². The van der Waals surface area contributed by atoms with E-state index in [-0.39, 0.29) is 5.82 Å². The van der Waals surface area contributed by atoms with Gasteiger partial charge in [0.05, 0.1) is 5.69 Å². The van der Waals surface area contributed by atoms with Crippen LogP contribution >= 0.6 is 11.3 Å². The molecule has 1 N–H and O–H groups in total. The molecule has 0 radical (unpaired) electrons. The summed E-state index contributed by atoms with van der Waals surface area (Å²) < 4.78 is 12.9. The van der Waals surface area contributed by atoms with Crippen molar-refractivity contribution in [1.82, 2.24) is 10.3 Å². The first kappa shape index (κ1) is 14.7.